The summed E-state index contributed by atoms with van der Waals surface area (Å²) in [7, 11) is 0. The molecule has 1 fully saturated rings. The van der Waals surface area contributed by atoms with Crippen LogP contribution >= 0.6 is 11.6 Å². The number of carbonyl (C=O) groups excluding carboxylic acids is 1. The average Bonchev–Trinajstić information content (AvgIpc) is 2.73. The molecule has 0 aromatic carbocycles. The van der Waals surface area contributed by atoms with Crippen molar-refractivity contribution in [1.29, 1.82) is 0 Å². The Kier molecular flexibility index (Phi) is 3.75. The number of nitrogens with zero attached hydrogens (tertiary/aromatic N) is 1. The molecular weight excluding hydrogens is 268 g/mol. The van der Waals surface area contributed by atoms with Gasteiger partial charge in [-0.2, -0.15) is 0 Å². The van der Waals surface area contributed by atoms with Gasteiger partial charge in [0, 0.05) is 12.2 Å². The van der Waals surface area contributed by atoms with E-state index < -0.39 is 11.4 Å². The standard InChI is InChI=1S/C13H15ClN2O3/c1-13(12(18)19)6-2-3-10(13)16-11(17)9-5-4-8(14)7-15-9/h4-5,7,10H,2-3,6H2,1H3,(H,16,17)(H,18,19). The van der Waals surface area contributed by atoms with E-state index in [9.17, 15) is 14.7 Å². The normalized spacial score (nSPS) is 26.1. The fraction of sp³-hybridized carbons (Fsp3) is 0.462. The Morgan fingerprint density at radius 3 is 2.84 bits per heavy atom. The van der Waals surface area contributed by atoms with Crippen LogP contribution < -0.4 is 5.32 Å². The van der Waals surface area contributed by atoms with Crippen molar-refractivity contribution in [3.8, 4) is 0 Å². The van der Waals surface area contributed by atoms with E-state index in [2.05, 4.69) is 10.3 Å². The third kappa shape index (κ3) is 2.71. The fourth-order valence-electron chi connectivity index (χ4n) is 2.40. The molecule has 1 heterocycles. The summed E-state index contributed by atoms with van der Waals surface area (Å²) < 4.78 is 0. The van der Waals surface area contributed by atoms with Gasteiger partial charge in [-0.05, 0) is 31.9 Å². The van der Waals surface area contributed by atoms with Gasteiger partial charge in [-0.25, -0.2) is 4.98 Å². The largest absolute Gasteiger partial charge is 0.481 e. The van der Waals surface area contributed by atoms with Crippen LogP contribution in [0.15, 0.2) is 18.3 Å². The van der Waals surface area contributed by atoms with Gasteiger partial charge in [0.1, 0.15) is 5.69 Å². The van der Waals surface area contributed by atoms with Gasteiger partial charge >= 0.3 is 5.97 Å². The van der Waals surface area contributed by atoms with Crippen LogP contribution in [0.5, 0.6) is 0 Å². The van der Waals surface area contributed by atoms with Gasteiger partial charge in [0.15, 0.2) is 0 Å². The summed E-state index contributed by atoms with van der Waals surface area (Å²) in [6, 6.07) is 2.73. The van der Waals surface area contributed by atoms with Gasteiger partial charge in [-0.3, -0.25) is 9.59 Å². The molecule has 0 saturated heterocycles. The highest BCUT2D eigenvalue weighted by molar-refractivity contribution is 6.30. The molecule has 1 saturated carbocycles. The Labute approximate surface area is 116 Å². The van der Waals surface area contributed by atoms with Crippen molar-refractivity contribution in [3.63, 3.8) is 0 Å². The van der Waals surface area contributed by atoms with E-state index in [1.165, 1.54) is 12.3 Å². The van der Waals surface area contributed by atoms with E-state index in [0.29, 0.717) is 17.9 Å². The summed E-state index contributed by atoms with van der Waals surface area (Å²) in [5.74, 6) is -1.24. The summed E-state index contributed by atoms with van der Waals surface area (Å²) in [5, 5.41) is 12.5. The molecule has 1 aromatic rings. The van der Waals surface area contributed by atoms with Crippen molar-refractivity contribution >= 4 is 23.5 Å². The minimum absolute atomic E-state index is 0.240. The molecule has 19 heavy (non-hydrogen) atoms. The molecule has 6 heteroatoms. The number of hydrogen-bond donors (Lipinski definition) is 2. The Bertz CT molecular complexity index is 503. The molecule has 2 rings (SSSR count). The molecule has 1 aliphatic carbocycles. The van der Waals surface area contributed by atoms with E-state index >= 15 is 0 Å². The molecule has 2 unspecified atom stereocenters. The molecule has 2 N–H and O–H groups in total. The summed E-state index contributed by atoms with van der Waals surface area (Å²) in [4.78, 5) is 27.2. The Balaban J connectivity index is 2.10. The quantitative estimate of drug-likeness (QED) is 0.890. The highest BCUT2D eigenvalue weighted by atomic mass is 35.5. The summed E-state index contributed by atoms with van der Waals surface area (Å²) in [6.45, 7) is 1.67. The van der Waals surface area contributed by atoms with Crippen molar-refractivity contribution in [2.75, 3.05) is 0 Å². The number of rotatable bonds is 3. The first-order valence-corrected chi connectivity index (χ1v) is 6.47. The van der Waals surface area contributed by atoms with Crippen LogP contribution in [0.4, 0.5) is 0 Å². The van der Waals surface area contributed by atoms with Crippen molar-refractivity contribution in [3.05, 3.63) is 29.0 Å². The maximum absolute atomic E-state index is 12.0. The van der Waals surface area contributed by atoms with Crippen LogP contribution in [0, 0.1) is 5.41 Å². The molecule has 1 aromatic heterocycles. The fourth-order valence-corrected chi connectivity index (χ4v) is 2.51. The van der Waals surface area contributed by atoms with E-state index in [1.54, 1.807) is 13.0 Å². The van der Waals surface area contributed by atoms with Gasteiger partial charge in [-0.15, -0.1) is 0 Å². The monoisotopic (exact) mass is 282 g/mol. The smallest absolute Gasteiger partial charge is 0.311 e. The molecule has 1 amide bonds. The van der Waals surface area contributed by atoms with Gasteiger partial charge < -0.3 is 10.4 Å². The Morgan fingerprint density at radius 1 is 1.53 bits per heavy atom. The van der Waals surface area contributed by atoms with E-state index in [-0.39, 0.29) is 17.6 Å². The molecule has 0 aliphatic heterocycles. The summed E-state index contributed by atoms with van der Waals surface area (Å²) in [5.41, 5.74) is -0.661. The van der Waals surface area contributed by atoms with E-state index in [1.807, 2.05) is 0 Å². The molecule has 0 radical (unpaired) electrons. The first-order chi connectivity index (χ1) is 8.93. The van der Waals surface area contributed by atoms with Gasteiger partial charge in [0.05, 0.1) is 10.4 Å². The number of carboxylic acid groups (broad SMARTS) is 1. The van der Waals surface area contributed by atoms with Gasteiger partial charge in [0.25, 0.3) is 5.91 Å². The van der Waals surface area contributed by atoms with Crippen LogP contribution in [-0.2, 0) is 4.79 Å². The number of carbonyl (C=O) groups is 2. The highest BCUT2D eigenvalue weighted by Crippen LogP contribution is 2.38. The third-order valence-corrected chi connectivity index (χ3v) is 3.94. The number of carboxylic acids is 1. The second-order valence-electron chi connectivity index (χ2n) is 5.00. The highest BCUT2D eigenvalue weighted by Gasteiger charge is 2.46. The van der Waals surface area contributed by atoms with Gasteiger partial charge in [0.2, 0.25) is 0 Å². The second kappa shape index (κ2) is 5.17. The number of hydrogen-bond acceptors (Lipinski definition) is 3. The predicted octanol–water partition coefficient (Wildman–Crippen LogP) is 2.11. The lowest BCUT2D eigenvalue weighted by molar-refractivity contribution is -0.148. The predicted molar refractivity (Wildman–Crippen MR) is 70.1 cm³/mol. The van der Waals surface area contributed by atoms with E-state index in [0.717, 1.165) is 6.42 Å². The summed E-state index contributed by atoms with van der Waals surface area (Å²) >= 11 is 5.70. The molecule has 1 aliphatic rings. The third-order valence-electron chi connectivity index (χ3n) is 3.71. The zero-order chi connectivity index (χ0) is 14.0. The Hall–Kier alpha value is -1.62. The van der Waals surface area contributed by atoms with E-state index in [4.69, 9.17) is 11.6 Å². The minimum atomic E-state index is -0.901. The molecule has 2 atom stereocenters. The maximum atomic E-state index is 12.0. The lowest BCUT2D eigenvalue weighted by Gasteiger charge is -2.27. The molecule has 0 bridgehead atoms. The van der Waals surface area contributed by atoms with Gasteiger partial charge in [-0.1, -0.05) is 18.0 Å². The van der Waals surface area contributed by atoms with Crippen molar-refractivity contribution < 1.29 is 14.7 Å². The van der Waals surface area contributed by atoms with Crippen LogP contribution in [0.3, 0.4) is 0 Å². The minimum Gasteiger partial charge on any atom is -0.481 e. The maximum Gasteiger partial charge on any atom is 0.311 e. The SMILES string of the molecule is CC1(C(=O)O)CCCC1NC(=O)c1ccc(Cl)cn1. The number of aromatic nitrogens is 1. The number of nitrogens with one attached hydrogen (secondary N) is 1. The summed E-state index contributed by atoms with van der Waals surface area (Å²) in [6.07, 6.45) is 3.42. The van der Waals surface area contributed by atoms with Crippen molar-refractivity contribution in [2.45, 2.75) is 32.2 Å². The van der Waals surface area contributed by atoms with Crippen LogP contribution in [-0.4, -0.2) is 28.0 Å². The topological polar surface area (TPSA) is 79.3 Å². The first kappa shape index (κ1) is 13.8. The molecule has 5 nitrogen and oxygen atoms in total. The average molecular weight is 283 g/mol. The second-order valence-corrected chi connectivity index (χ2v) is 5.44. The lowest BCUT2D eigenvalue weighted by atomic mass is 9.85. The number of pyridine rings is 1. The zero-order valence-corrected chi connectivity index (χ0v) is 11.3. The molecule has 102 valence electrons. The van der Waals surface area contributed by atoms with Crippen LogP contribution in [0.25, 0.3) is 0 Å². The molecule has 0 spiro atoms. The van der Waals surface area contributed by atoms with Crippen molar-refractivity contribution in [2.24, 2.45) is 5.41 Å². The number of halogens is 1. The van der Waals surface area contributed by atoms with Crippen LogP contribution in [0.2, 0.25) is 5.02 Å². The first-order valence-electron chi connectivity index (χ1n) is 6.09. The zero-order valence-electron chi connectivity index (χ0n) is 10.5. The molecular formula is C13H15ClN2O3. The van der Waals surface area contributed by atoms with Crippen molar-refractivity contribution in [1.82, 2.24) is 10.3 Å². The lowest BCUT2D eigenvalue weighted by Crippen LogP contribution is -2.47. The van der Waals surface area contributed by atoms with Crippen LogP contribution in [0.1, 0.15) is 36.7 Å². The number of amides is 1. The number of aliphatic carboxylic acids is 1. The Morgan fingerprint density at radius 2 is 2.26 bits per heavy atom.